The van der Waals surface area contributed by atoms with Gasteiger partial charge in [0.1, 0.15) is 0 Å². The Kier molecular flexibility index (Phi) is 7.17. The van der Waals surface area contributed by atoms with Crippen molar-refractivity contribution >= 4 is 44.9 Å². The Bertz CT molecular complexity index is 1260. The molecule has 7 nitrogen and oxygen atoms in total. The van der Waals surface area contributed by atoms with Gasteiger partial charge < -0.3 is 10.1 Å². The van der Waals surface area contributed by atoms with Crippen LogP contribution in [-0.4, -0.2) is 26.9 Å². The maximum absolute atomic E-state index is 12.9. The summed E-state index contributed by atoms with van der Waals surface area (Å²) in [5, 5.41) is 2.84. The number of ether oxygens (including phenoxy) is 1. The summed E-state index contributed by atoms with van der Waals surface area (Å²) < 4.78 is 33.2. The molecule has 2 N–H and O–H groups in total. The van der Waals surface area contributed by atoms with Gasteiger partial charge in [0.15, 0.2) is 0 Å². The normalized spacial score (nSPS) is 11.0. The van der Waals surface area contributed by atoms with Crippen LogP contribution in [0.1, 0.15) is 33.2 Å². The molecule has 1 amide bonds. The van der Waals surface area contributed by atoms with Gasteiger partial charge in [0, 0.05) is 16.9 Å². The zero-order valence-electron chi connectivity index (χ0n) is 17.4. The lowest BCUT2D eigenvalue weighted by Crippen LogP contribution is -2.17. The minimum atomic E-state index is -3.91. The van der Waals surface area contributed by atoms with Crippen LogP contribution >= 0.6 is 11.6 Å². The number of para-hydroxylation sites is 1. The molecule has 32 heavy (non-hydrogen) atoms. The quantitative estimate of drug-likeness (QED) is 0.477. The number of aryl methyl sites for hydroxylation is 1. The van der Waals surface area contributed by atoms with E-state index in [0.29, 0.717) is 16.9 Å². The van der Waals surface area contributed by atoms with Gasteiger partial charge in [-0.05, 0) is 61.9 Å². The molecule has 0 aromatic heterocycles. The van der Waals surface area contributed by atoms with Crippen molar-refractivity contribution in [2.45, 2.75) is 18.7 Å². The molecule has 0 saturated heterocycles. The maximum atomic E-state index is 12.9. The van der Waals surface area contributed by atoms with Crippen molar-refractivity contribution < 1.29 is 22.7 Å². The largest absolute Gasteiger partial charge is 0.462 e. The van der Waals surface area contributed by atoms with Crippen LogP contribution in [0.4, 0.5) is 11.4 Å². The van der Waals surface area contributed by atoms with Gasteiger partial charge in [-0.2, -0.15) is 0 Å². The number of amides is 1. The Hall–Kier alpha value is -3.36. The summed E-state index contributed by atoms with van der Waals surface area (Å²) in [5.41, 5.74) is 1.47. The van der Waals surface area contributed by atoms with E-state index in [2.05, 4.69) is 10.0 Å². The fourth-order valence-corrected chi connectivity index (χ4v) is 4.44. The van der Waals surface area contributed by atoms with Crippen LogP contribution in [0, 0.1) is 6.92 Å². The number of carbonyl (C=O) groups excluding carboxylic acids is 2. The standard InChI is InChI=1S/C23H21ClN2O5S/c1-3-31-23(28)19-14-18(11-12-20(19)24)25-22(27)16-10-9-15(2)21(13-16)32(29,30)26-17-7-5-4-6-8-17/h4-14,26H,3H2,1-2H3,(H,25,27). The highest BCUT2D eigenvalue weighted by Gasteiger charge is 2.20. The lowest BCUT2D eigenvalue weighted by molar-refractivity contribution is 0.0526. The maximum Gasteiger partial charge on any atom is 0.339 e. The highest BCUT2D eigenvalue weighted by atomic mass is 35.5. The fourth-order valence-electron chi connectivity index (χ4n) is 2.92. The van der Waals surface area contributed by atoms with E-state index in [9.17, 15) is 18.0 Å². The van der Waals surface area contributed by atoms with Crippen LogP contribution in [0.25, 0.3) is 0 Å². The molecule has 0 fully saturated rings. The minimum Gasteiger partial charge on any atom is -0.462 e. The van der Waals surface area contributed by atoms with Gasteiger partial charge in [-0.25, -0.2) is 13.2 Å². The van der Waals surface area contributed by atoms with Gasteiger partial charge in [-0.1, -0.05) is 35.9 Å². The number of sulfonamides is 1. The summed E-state index contributed by atoms with van der Waals surface area (Å²) in [5.74, 6) is -1.15. The first-order chi connectivity index (χ1) is 15.2. The highest BCUT2D eigenvalue weighted by molar-refractivity contribution is 7.92. The third kappa shape index (κ3) is 5.46. The number of hydrogen-bond acceptors (Lipinski definition) is 5. The zero-order chi connectivity index (χ0) is 23.3. The Morgan fingerprint density at radius 3 is 2.38 bits per heavy atom. The molecule has 0 aliphatic rings. The van der Waals surface area contributed by atoms with Crippen molar-refractivity contribution in [2.75, 3.05) is 16.6 Å². The average Bonchev–Trinajstić information content (AvgIpc) is 2.75. The van der Waals surface area contributed by atoms with E-state index in [1.165, 1.54) is 30.3 Å². The van der Waals surface area contributed by atoms with E-state index in [-0.39, 0.29) is 27.7 Å². The van der Waals surface area contributed by atoms with Gasteiger partial charge >= 0.3 is 5.97 Å². The molecule has 9 heteroatoms. The van der Waals surface area contributed by atoms with Gasteiger partial charge in [-0.15, -0.1) is 0 Å². The average molecular weight is 473 g/mol. The Labute approximate surface area is 191 Å². The SMILES string of the molecule is CCOC(=O)c1cc(NC(=O)c2ccc(C)c(S(=O)(=O)Nc3ccccc3)c2)ccc1Cl. The second-order valence-electron chi connectivity index (χ2n) is 6.82. The topological polar surface area (TPSA) is 102 Å². The van der Waals surface area contributed by atoms with E-state index in [1.807, 2.05) is 0 Å². The van der Waals surface area contributed by atoms with Crippen LogP contribution in [0.5, 0.6) is 0 Å². The summed E-state index contributed by atoms with van der Waals surface area (Å²) in [7, 11) is -3.91. The van der Waals surface area contributed by atoms with E-state index in [0.717, 1.165) is 0 Å². The third-order valence-corrected chi connectivity index (χ3v) is 6.34. The number of nitrogens with one attached hydrogen (secondary N) is 2. The molecule has 0 radical (unpaired) electrons. The molecular weight excluding hydrogens is 452 g/mol. The molecule has 3 aromatic carbocycles. The highest BCUT2D eigenvalue weighted by Crippen LogP contribution is 2.24. The third-order valence-electron chi connectivity index (χ3n) is 4.49. The molecule has 0 aliphatic carbocycles. The van der Waals surface area contributed by atoms with E-state index in [1.54, 1.807) is 50.2 Å². The lowest BCUT2D eigenvalue weighted by atomic mass is 10.1. The minimum absolute atomic E-state index is 0.0164. The molecule has 0 spiro atoms. The van der Waals surface area contributed by atoms with Crippen LogP contribution in [-0.2, 0) is 14.8 Å². The Morgan fingerprint density at radius 1 is 0.969 bits per heavy atom. The second-order valence-corrected chi connectivity index (χ2v) is 8.88. The first-order valence-electron chi connectivity index (χ1n) is 9.68. The predicted molar refractivity (Wildman–Crippen MR) is 124 cm³/mol. The molecule has 3 aromatic rings. The molecule has 0 heterocycles. The Morgan fingerprint density at radius 2 is 1.69 bits per heavy atom. The first kappa shape index (κ1) is 23.3. The van der Waals surface area contributed by atoms with Crippen molar-refractivity contribution in [1.82, 2.24) is 0 Å². The number of hydrogen-bond donors (Lipinski definition) is 2. The summed E-state index contributed by atoms with van der Waals surface area (Å²) in [6.45, 7) is 3.50. The van der Waals surface area contributed by atoms with Crippen molar-refractivity contribution in [3.8, 4) is 0 Å². The Balaban J connectivity index is 1.86. The van der Waals surface area contributed by atoms with Crippen molar-refractivity contribution in [3.63, 3.8) is 0 Å². The monoisotopic (exact) mass is 472 g/mol. The second kappa shape index (κ2) is 9.84. The first-order valence-corrected chi connectivity index (χ1v) is 11.5. The molecule has 3 rings (SSSR count). The summed E-state index contributed by atoms with van der Waals surface area (Å²) in [4.78, 5) is 24.8. The molecular formula is C23H21ClN2O5S. The molecule has 166 valence electrons. The summed E-state index contributed by atoms with van der Waals surface area (Å²) in [6.07, 6.45) is 0. The number of esters is 1. The van der Waals surface area contributed by atoms with Crippen LogP contribution in [0.15, 0.2) is 71.6 Å². The predicted octanol–water partition coefficient (Wildman–Crippen LogP) is 4.88. The molecule has 0 bridgehead atoms. The van der Waals surface area contributed by atoms with E-state index in [4.69, 9.17) is 16.3 Å². The van der Waals surface area contributed by atoms with Crippen molar-refractivity contribution in [1.29, 1.82) is 0 Å². The van der Waals surface area contributed by atoms with E-state index < -0.39 is 21.9 Å². The molecule has 0 aliphatic heterocycles. The van der Waals surface area contributed by atoms with Crippen LogP contribution in [0.2, 0.25) is 5.02 Å². The van der Waals surface area contributed by atoms with Gasteiger partial charge in [0.25, 0.3) is 15.9 Å². The fraction of sp³-hybridized carbons (Fsp3) is 0.130. The van der Waals surface area contributed by atoms with Crippen molar-refractivity contribution in [3.05, 3.63) is 88.4 Å². The van der Waals surface area contributed by atoms with Crippen molar-refractivity contribution in [2.24, 2.45) is 0 Å². The van der Waals surface area contributed by atoms with Gasteiger partial charge in [0.2, 0.25) is 0 Å². The summed E-state index contributed by atoms with van der Waals surface area (Å²) in [6, 6.07) is 17.3. The molecule has 0 unspecified atom stereocenters. The summed E-state index contributed by atoms with van der Waals surface area (Å²) >= 11 is 6.05. The van der Waals surface area contributed by atoms with Crippen LogP contribution < -0.4 is 10.0 Å². The number of benzene rings is 3. The van der Waals surface area contributed by atoms with Crippen LogP contribution in [0.3, 0.4) is 0 Å². The van der Waals surface area contributed by atoms with Gasteiger partial charge in [-0.3, -0.25) is 9.52 Å². The lowest BCUT2D eigenvalue weighted by Gasteiger charge is -2.13. The molecule has 0 saturated carbocycles. The molecule has 0 atom stereocenters. The smallest absolute Gasteiger partial charge is 0.339 e. The zero-order valence-corrected chi connectivity index (χ0v) is 19.0. The number of anilines is 2. The number of rotatable bonds is 7. The van der Waals surface area contributed by atoms with Gasteiger partial charge in [0.05, 0.1) is 22.1 Å². The number of halogens is 1. The number of carbonyl (C=O) groups is 2. The van der Waals surface area contributed by atoms with E-state index >= 15 is 0 Å².